The normalized spacial score (nSPS) is 11.5. The number of halogens is 4. The second kappa shape index (κ2) is 3.73. The van der Waals surface area contributed by atoms with Gasteiger partial charge < -0.3 is 11.5 Å². The number of primary amides is 1. The molecule has 0 saturated carbocycles. The second-order valence-corrected chi connectivity index (χ2v) is 3.60. The quantitative estimate of drug-likeness (QED) is 0.775. The maximum absolute atomic E-state index is 12.5. The largest absolute Gasteiger partial charge is 0.419 e. The van der Waals surface area contributed by atoms with Crippen molar-refractivity contribution in [2.45, 2.75) is 6.18 Å². The first-order chi connectivity index (χ1) is 6.75. The number of hydrogen-bond donors (Lipinski definition) is 2. The van der Waals surface area contributed by atoms with Crippen LogP contribution in [0.2, 0.25) is 0 Å². The molecule has 7 heteroatoms. The van der Waals surface area contributed by atoms with Crippen molar-refractivity contribution in [2.75, 3.05) is 5.73 Å². The van der Waals surface area contributed by atoms with Gasteiger partial charge in [-0.05, 0) is 28.1 Å². The van der Waals surface area contributed by atoms with E-state index in [1.807, 2.05) is 0 Å². The van der Waals surface area contributed by atoms with Crippen LogP contribution in [-0.4, -0.2) is 5.91 Å². The Labute approximate surface area is 91.4 Å². The van der Waals surface area contributed by atoms with E-state index in [1.54, 1.807) is 0 Å². The molecule has 0 heterocycles. The van der Waals surface area contributed by atoms with Crippen LogP contribution in [0.3, 0.4) is 0 Å². The first-order valence-corrected chi connectivity index (χ1v) is 4.49. The number of benzene rings is 1. The minimum Gasteiger partial charge on any atom is -0.397 e. The van der Waals surface area contributed by atoms with Gasteiger partial charge in [-0.2, -0.15) is 13.2 Å². The molecule has 82 valence electrons. The number of nitrogens with two attached hydrogens (primary N) is 2. The molecule has 0 aliphatic rings. The zero-order valence-corrected chi connectivity index (χ0v) is 8.82. The topological polar surface area (TPSA) is 69.1 Å². The minimum atomic E-state index is -4.71. The summed E-state index contributed by atoms with van der Waals surface area (Å²) in [6.45, 7) is 0. The van der Waals surface area contributed by atoms with Gasteiger partial charge in [0, 0.05) is 4.47 Å². The lowest BCUT2D eigenvalue weighted by atomic mass is 10.0. The average Bonchev–Trinajstić information content (AvgIpc) is 2.06. The van der Waals surface area contributed by atoms with Crippen molar-refractivity contribution in [2.24, 2.45) is 5.73 Å². The summed E-state index contributed by atoms with van der Waals surface area (Å²) in [6.07, 6.45) is -4.71. The second-order valence-electron chi connectivity index (χ2n) is 2.75. The maximum Gasteiger partial charge on any atom is 0.419 e. The minimum absolute atomic E-state index is 0.0693. The summed E-state index contributed by atoms with van der Waals surface area (Å²) in [5, 5.41) is 0. The van der Waals surface area contributed by atoms with Crippen molar-refractivity contribution >= 4 is 27.5 Å². The fourth-order valence-corrected chi connectivity index (χ4v) is 1.44. The molecule has 0 aromatic heterocycles. The number of alkyl halides is 3. The molecule has 15 heavy (non-hydrogen) atoms. The fourth-order valence-electron chi connectivity index (χ4n) is 1.10. The molecule has 0 atom stereocenters. The Bertz CT molecular complexity index is 417. The third-order valence-electron chi connectivity index (χ3n) is 1.74. The van der Waals surface area contributed by atoms with Gasteiger partial charge in [-0.1, -0.05) is 0 Å². The molecule has 0 fully saturated rings. The molecule has 0 unspecified atom stereocenters. The first kappa shape index (κ1) is 11.8. The Morgan fingerprint density at radius 1 is 1.33 bits per heavy atom. The Morgan fingerprint density at radius 2 is 1.87 bits per heavy atom. The Balaban J connectivity index is 3.57. The van der Waals surface area contributed by atoms with Gasteiger partial charge in [0.2, 0.25) is 5.91 Å². The predicted molar refractivity (Wildman–Crippen MR) is 52.1 cm³/mol. The number of nitrogen functional groups attached to an aromatic ring is 1. The lowest BCUT2D eigenvalue weighted by molar-refractivity contribution is -0.137. The van der Waals surface area contributed by atoms with E-state index in [1.165, 1.54) is 6.07 Å². The summed E-state index contributed by atoms with van der Waals surface area (Å²) in [4.78, 5) is 10.8. The molecule has 0 bridgehead atoms. The van der Waals surface area contributed by atoms with Crippen LogP contribution in [0.15, 0.2) is 16.6 Å². The highest BCUT2D eigenvalue weighted by molar-refractivity contribution is 9.10. The highest BCUT2D eigenvalue weighted by atomic mass is 79.9. The monoisotopic (exact) mass is 282 g/mol. The third kappa shape index (κ3) is 2.23. The lowest BCUT2D eigenvalue weighted by Crippen LogP contribution is -2.20. The number of carbonyl (C=O) groups excluding carboxylic acids is 1. The van der Waals surface area contributed by atoms with E-state index < -0.39 is 28.9 Å². The summed E-state index contributed by atoms with van der Waals surface area (Å²) in [5.41, 5.74) is 7.67. The van der Waals surface area contributed by atoms with Crippen molar-refractivity contribution in [1.82, 2.24) is 0 Å². The van der Waals surface area contributed by atoms with Crippen LogP contribution in [0.4, 0.5) is 18.9 Å². The highest BCUT2D eigenvalue weighted by Crippen LogP contribution is 2.39. The zero-order valence-electron chi connectivity index (χ0n) is 7.23. The summed E-state index contributed by atoms with van der Waals surface area (Å²) in [6, 6.07) is 2.22. The van der Waals surface area contributed by atoms with Gasteiger partial charge in [0.25, 0.3) is 0 Å². The molecular formula is C8H6BrF3N2O. The van der Waals surface area contributed by atoms with Crippen molar-refractivity contribution in [3.63, 3.8) is 0 Å². The van der Waals surface area contributed by atoms with Crippen LogP contribution < -0.4 is 11.5 Å². The van der Waals surface area contributed by atoms with Crippen LogP contribution in [0.1, 0.15) is 15.9 Å². The lowest BCUT2D eigenvalue weighted by Gasteiger charge is -2.14. The van der Waals surface area contributed by atoms with Crippen molar-refractivity contribution < 1.29 is 18.0 Å². The fraction of sp³-hybridized carbons (Fsp3) is 0.125. The van der Waals surface area contributed by atoms with E-state index in [4.69, 9.17) is 11.5 Å². The van der Waals surface area contributed by atoms with Crippen LogP contribution in [0.5, 0.6) is 0 Å². The van der Waals surface area contributed by atoms with E-state index in [-0.39, 0.29) is 4.47 Å². The van der Waals surface area contributed by atoms with Gasteiger partial charge in [-0.25, -0.2) is 0 Å². The molecule has 0 spiro atoms. The summed E-state index contributed by atoms with van der Waals surface area (Å²) in [7, 11) is 0. The van der Waals surface area contributed by atoms with Crippen molar-refractivity contribution in [3.8, 4) is 0 Å². The van der Waals surface area contributed by atoms with Crippen molar-refractivity contribution in [1.29, 1.82) is 0 Å². The number of anilines is 1. The molecule has 1 amide bonds. The molecule has 1 aromatic rings. The number of amides is 1. The molecule has 1 rings (SSSR count). The van der Waals surface area contributed by atoms with Gasteiger partial charge in [-0.15, -0.1) is 0 Å². The maximum atomic E-state index is 12.5. The first-order valence-electron chi connectivity index (χ1n) is 3.70. The summed E-state index contributed by atoms with van der Waals surface area (Å²) in [5.74, 6) is -1.17. The van der Waals surface area contributed by atoms with Crippen LogP contribution in [0.25, 0.3) is 0 Å². The van der Waals surface area contributed by atoms with E-state index in [9.17, 15) is 18.0 Å². The van der Waals surface area contributed by atoms with Gasteiger partial charge in [0.05, 0.1) is 16.8 Å². The van der Waals surface area contributed by atoms with E-state index in [0.717, 1.165) is 6.07 Å². The summed E-state index contributed by atoms with van der Waals surface area (Å²) >= 11 is 2.84. The molecule has 3 nitrogen and oxygen atoms in total. The molecule has 1 aromatic carbocycles. The zero-order chi connectivity index (χ0) is 11.8. The van der Waals surface area contributed by atoms with Crippen LogP contribution in [0, 0.1) is 0 Å². The van der Waals surface area contributed by atoms with Crippen molar-refractivity contribution in [3.05, 3.63) is 27.7 Å². The molecular weight excluding hydrogens is 277 g/mol. The summed E-state index contributed by atoms with van der Waals surface area (Å²) < 4.78 is 37.7. The molecule has 0 saturated heterocycles. The van der Waals surface area contributed by atoms with E-state index in [0.29, 0.717) is 0 Å². The Morgan fingerprint density at radius 3 is 2.27 bits per heavy atom. The Kier molecular flexibility index (Phi) is 2.94. The third-order valence-corrected chi connectivity index (χ3v) is 2.43. The SMILES string of the molecule is NC(=O)c1ccc(Br)c(N)c1C(F)(F)F. The van der Waals surface area contributed by atoms with E-state index >= 15 is 0 Å². The Hall–Kier alpha value is -1.24. The van der Waals surface area contributed by atoms with Crippen LogP contribution in [-0.2, 0) is 6.18 Å². The molecule has 0 aliphatic heterocycles. The number of rotatable bonds is 1. The van der Waals surface area contributed by atoms with Gasteiger partial charge in [0.1, 0.15) is 0 Å². The molecule has 0 aliphatic carbocycles. The van der Waals surface area contributed by atoms with Gasteiger partial charge in [-0.3, -0.25) is 4.79 Å². The highest BCUT2D eigenvalue weighted by Gasteiger charge is 2.37. The average molecular weight is 283 g/mol. The predicted octanol–water partition coefficient (Wildman–Crippen LogP) is 2.15. The molecule has 4 N–H and O–H groups in total. The molecule has 0 radical (unpaired) electrons. The standard InChI is InChI=1S/C8H6BrF3N2O/c9-4-2-1-3(7(14)15)5(6(4)13)8(10,11)12/h1-2H,13H2,(H2,14,15). The van der Waals surface area contributed by atoms with Gasteiger partial charge in [0.15, 0.2) is 0 Å². The van der Waals surface area contributed by atoms with Crippen LogP contribution >= 0.6 is 15.9 Å². The number of carbonyl (C=O) groups is 1. The van der Waals surface area contributed by atoms with E-state index in [2.05, 4.69) is 15.9 Å². The smallest absolute Gasteiger partial charge is 0.397 e. The number of hydrogen-bond acceptors (Lipinski definition) is 2. The van der Waals surface area contributed by atoms with Gasteiger partial charge >= 0.3 is 6.18 Å².